The smallest absolute Gasteiger partial charge is 0.246 e. The number of para-hydroxylation sites is 1. The van der Waals surface area contributed by atoms with E-state index in [1.54, 1.807) is 57.3 Å². The maximum atomic E-state index is 14.2. The number of fused-ring (bicyclic) bond motifs is 1. The Balaban J connectivity index is 1.59. The molecule has 0 aliphatic carbocycles. The lowest BCUT2D eigenvalue weighted by Gasteiger charge is -2.38. The van der Waals surface area contributed by atoms with Gasteiger partial charge >= 0.3 is 0 Å². The highest BCUT2D eigenvalue weighted by atomic mass is 16.3. The van der Waals surface area contributed by atoms with Gasteiger partial charge in [0.25, 0.3) is 0 Å². The lowest BCUT2D eigenvalue weighted by atomic mass is 9.92. The standard InChI is InChI=1S/C90H142N22O23/c1-26-90(25,80(135)111-89(23,24)78(133)110-88(21,22)77(132)109-83(11,12)73(128)100-57(37-39-62(92)117)67(122)98-53(45-113)42-52-43-93-55-35-31-30-34-54(52)55)112-79(134)87(19,20)104-65(120)49(5)95-64(119)48(4)96-71(126)82(9,10)107-75(130)85(15,16)103-63(118)44-94-66(121)56(36-38-61(91)116)99-68(123)58(40-47(2)3)101-74(129)84(13,14)108-76(131)86(17,18)106-70(125)60(46-114)102-72(127)81(7,8)105-69(124)59(97-50(6)115)41-51-32-28-27-29-33-51/h27-35,43,47-49,53,56-60,93,113-114H,26,36-42,44-46H2,1-25H3,(H2,91,116)(H2,92,117)(H,94,121)(H,95,119)(H,96,126)(H,97,115)(H,98,122)(H,99,123)(H,100,128)(H,101,129)(H,102,127)(H,103,118)(H,104,120)(H,105,124)(H,106,125)(H,107,130)(H,108,131)(H,109,132)(H,110,133)(H,111,135)(H,112,134). The Morgan fingerprint density at radius 3 is 1.19 bits per heavy atom. The predicted molar refractivity (Wildman–Crippen MR) is 495 cm³/mol. The van der Waals surface area contributed by atoms with Crippen molar-refractivity contribution in [3.8, 4) is 0 Å². The molecule has 3 rings (SSSR count). The number of amides is 21. The molecule has 0 radical (unpaired) electrons. The van der Waals surface area contributed by atoms with E-state index in [0.717, 1.165) is 16.5 Å². The summed E-state index contributed by atoms with van der Waals surface area (Å²) in [7, 11) is 0. The summed E-state index contributed by atoms with van der Waals surface area (Å²) in [5.41, 5.74) is -5.03. The number of aliphatic hydroxyl groups excluding tert-OH is 2. The molecule has 0 aliphatic rings. The van der Waals surface area contributed by atoms with Crippen molar-refractivity contribution in [1.29, 1.82) is 0 Å². The molecule has 1 heterocycles. The minimum Gasteiger partial charge on any atom is -0.394 e. The molecule has 21 amide bonds. The monoisotopic (exact) mass is 1900 g/mol. The van der Waals surface area contributed by atoms with E-state index >= 15 is 0 Å². The fraction of sp³-hybridized carbons (Fsp3) is 0.611. The van der Waals surface area contributed by atoms with Crippen LogP contribution >= 0.6 is 0 Å². The molecule has 3 aromatic rings. The first-order chi connectivity index (χ1) is 61.8. The molecule has 0 fully saturated rings. The summed E-state index contributed by atoms with van der Waals surface area (Å²) < 4.78 is 0. The molecule has 26 N–H and O–H groups in total. The molecule has 0 bridgehead atoms. The Labute approximate surface area is 785 Å². The summed E-state index contributed by atoms with van der Waals surface area (Å²) in [5.74, 6) is -19.0. The maximum Gasteiger partial charge on any atom is 0.246 e. The molecule has 9 unspecified atom stereocenters. The van der Waals surface area contributed by atoms with Crippen molar-refractivity contribution >= 4 is 135 Å². The average Bonchev–Trinajstić information content (AvgIpc) is 1.80. The van der Waals surface area contributed by atoms with Gasteiger partial charge in [-0.25, -0.2) is 0 Å². The third-order valence-electron chi connectivity index (χ3n) is 21.9. The summed E-state index contributed by atoms with van der Waals surface area (Å²) in [6, 6.07) is 5.34. The van der Waals surface area contributed by atoms with Crippen molar-refractivity contribution in [2.24, 2.45) is 17.4 Å². The number of carbonyl (C=O) groups is 21. The Hall–Kier alpha value is -13.2. The van der Waals surface area contributed by atoms with Crippen LogP contribution in [0.3, 0.4) is 0 Å². The number of aliphatic hydroxyl groups is 2. The zero-order valence-corrected chi connectivity index (χ0v) is 81.9. The molecule has 0 spiro atoms. The van der Waals surface area contributed by atoms with Gasteiger partial charge in [0, 0.05) is 43.3 Å². The summed E-state index contributed by atoms with van der Waals surface area (Å²) in [6.07, 6.45) is 0.391. The van der Waals surface area contributed by atoms with Crippen molar-refractivity contribution in [3.05, 3.63) is 71.9 Å². The third kappa shape index (κ3) is 35.6. The molecule has 0 aliphatic heterocycles. The normalized spacial score (nSPS) is 14.3. The van der Waals surface area contributed by atoms with Gasteiger partial charge in [-0.05, 0) is 201 Å². The van der Waals surface area contributed by atoms with Crippen LogP contribution in [0.2, 0.25) is 0 Å². The zero-order valence-electron chi connectivity index (χ0n) is 81.9. The van der Waals surface area contributed by atoms with E-state index in [4.69, 9.17) is 11.5 Å². The van der Waals surface area contributed by atoms with Crippen LogP contribution < -0.4 is 112 Å². The predicted octanol–water partition coefficient (Wildman–Crippen LogP) is -4.09. The van der Waals surface area contributed by atoms with Crippen molar-refractivity contribution in [3.63, 3.8) is 0 Å². The van der Waals surface area contributed by atoms with Gasteiger partial charge in [0.15, 0.2) is 0 Å². The highest BCUT2D eigenvalue weighted by Gasteiger charge is 2.48. The van der Waals surface area contributed by atoms with E-state index in [1.807, 2.05) is 24.3 Å². The number of H-pyrrole nitrogens is 1. The number of aromatic nitrogens is 1. The Morgan fingerprint density at radius 2 is 0.733 bits per heavy atom. The van der Waals surface area contributed by atoms with Crippen LogP contribution in [0.4, 0.5) is 0 Å². The number of carbonyl (C=O) groups excluding carboxylic acids is 21. The first kappa shape index (κ1) is 116. The molecule has 0 saturated carbocycles. The Morgan fingerprint density at radius 1 is 0.356 bits per heavy atom. The van der Waals surface area contributed by atoms with Gasteiger partial charge < -0.3 is 128 Å². The SMILES string of the molecule is CCC(C)(NC(=O)C(C)(C)NC(=O)C(C)NC(=O)C(C)NC(=O)C(C)(C)NC(=O)C(C)(C)NC(=O)CNC(=O)C(CCC(N)=O)NC(=O)C(CC(C)C)NC(=O)C(C)(C)NC(=O)C(C)(C)NC(=O)C(CO)NC(=O)C(C)(C)NC(=O)C(Cc1ccccc1)NC(C)=O)C(=O)NC(C)(C)C(=O)NC(C)(C)C(=O)NC(C)(C)C(=O)NC(CCC(N)=O)C(=O)NC(CO)Cc1c[nH]c2ccccc12. The quantitative estimate of drug-likeness (QED) is 0.0255. The van der Waals surface area contributed by atoms with E-state index in [0.29, 0.717) is 5.56 Å². The summed E-state index contributed by atoms with van der Waals surface area (Å²) in [4.78, 5) is 288. The molecular formula is C90H142N22O23. The number of hydrogen-bond donors (Lipinski definition) is 24. The average molecular weight is 1900 g/mol. The fourth-order valence-corrected chi connectivity index (χ4v) is 12.8. The van der Waals surface area contributed by atoms with E-state index in [1.165, 1.54) is 152 Å². The number of primary amides is 2. The minimum atomic E-state index is -1.88. The summed E-state index contributed by atoms with van der Waals surface area (Å²) >= 11 is 0. The van der Waals surface area contributed by atoms with Gasteiger partial charge in [0.2, 0.25) is 124 Å². The minimum absolute atomic E-state index is 0.0699. The number of nitrogens with two attached hydrogens (primary N) is 2. The third-order valence-corrected chi connectivity index (χ3v) is 21.9. The summed E-state index contributed by atoms with van der Waals surface area (Å²) in [6.45, 7) is 31.0. The van der Waals surface area contributed by atoms with E-state index in [-0.39, 0.29) is 44.4 Å². The fourth-order valence-electron chi connectivity index (χ4n) is 12.8. The molecule has 750 valence electrons. The first-order valence-corrected chi connectivity index (χ1v) is 44.1. The maximum absolute atomic E-state index is 14.2. The van der Waals surface area contributed by atoms with Gasteiger partial charge in [-0.2, -0.15) is 0 Å². The molecule has 45 nitrogen and oxygen atoms in total. The first-order valence-electron chi connectivity index (χ1n) is 44.1. The van der Waals surface area contributed by atoms with Crippen molar-refractivity contribution in [2.75, 3.05) is 19.8 Å². The molecule has 45 heteroatoms. The Bertz CT molecular complexity index is 4880. The highest BCUT2D eigenvalue weighted by Crippen LogP contribution is 2.23. The lowest BCUT2D eigenvalue weighted by Crippen LogP contribution is -2.69. The van der Waals surface area contributed by atoms with Crippen LogP contribution in [0.1, 0.15) is 223 Å². The van der Waals surface area contributed by atoms with Crippen LogP contribution in [-0.4, -0.2) is 263 Å². The number of aromatic amines is 1. The van der Waals surface area contributed by atoms with Crippen LogP contribution in [0, 0.1) is 5.92 Å². The molecule has 1 aromatic heterocycles. The summed E-state index contributed by atoms with van der Waals surface area (Å²) in [5, 5.41) is 69.1. The van der Waals surface area contributed by atoms with E-state index in [2.05, 4.69) is 106 Å². The largest absolute Gasteiger partial charge is 0.394 e. The second-order valence-corrected chi connectivity index (χ2v) is 39.1. The van der Waals surface area contributed by atoms with Crippen molar-refractivity contribution in [2.45, 2.75) is 328 Å². The molecule has 135 heavy (non-hydrogen) atoms. The van der Waals surface area contributed by atoms with Crippen LogP contribution in [0.15, 0.2) is 60.8 Å². The number of benzene rings is 2. The van der Waals surface area contributed by atoms with Crippen LogP contribution in [0.5, 0.6) is 0 Å². The van der Waals surface area contributed by atoms with Gasteiger partial charge in [0.05, 0.1) is 25.8 Å². The number of hydrogen-bond acceptors (Lipinski definition) is 23. The van der Waals surface area contributed by atoms with Crippen LogP contribution in [-0.2, 0) is 114 Å². The van der Waals surface area contributed by atoms with Gasteiger partial charge in [-0.1, -0.05) is 69.3 Å². The van der Waals surface area contributed by atoms with Crippen molar-refractivity contribution < 1.29 is 111 Å². The highest BCUT2D eigenvalue weighted by molar-refractivity contribution is 6.05. The van der Waals surface area contributed by atoms with Crippen molar-refractivity contribution in [1.82, 2.24) is 106 Å². The molecule has 2 aromatic carbocycles. The van der Waals surface area contributed by atoms with Crippen LogP contribution in [0.25, 0.3) is 10.9 Å². The lowest BCUT2D eigenvalue weighted by molar-refractivity contribution is -0.142. The second kappa shape index (κ2) is 48.1. The van der Waals surface area contributed by atoms with Gasteiger partial charge in [-0.3, -0.25) is 101 Å². The topological polar surface area (TPSA) is 695 Å². The molecular weight excluding hydrogens is 1760 g/mol. The van der Waals surface area contributed by atoms with Gasteiger partial charge in [-0.15, -0.1) is 0 Å². The number of nitrogens with one attached hydrogen (secondary N) is 20. The van der Waals surface area contributed by atoms with E-state index < -0.39 is 260 Å². The van der Waals surface area contributed by atoms with E-state index in [9.17, 15) is 111 Å². The second-order valence-electron chi connectivity index (χ2n) is 39.1. The Kier molecular flexibility index (Phi) is 41.3. The van der Waals surface area contributed by atoms with Gasteiger partial charge in [0.1, 0.15) is 97.7 Å². The molecule has 0 saturated heterocycles. The zero-order chi connectivity index (χ0) is 104. The molecule has 9 atom stereocenters. The number of rotatable bonds is 52.